The van der Waals surface area contributed by atoms with Gasteiger partial charge in [0.15, 0.2) is 0 Å². The van der Waals surface area contributed by atoms with Crippen molar-refractivity contribution in [1.82, 2.24) is 8.75 Å². The van der Waals surface area contributed by atoms with Crippen molar-refractivity contribution in [2.24, 2.45) is 5.73 Å². The molecule has 0 saturated carbocycles. The van der Waals surface area contributed by atoms with Crippen LogP contribution in [0.15, 0.2) is 22.8 Å². The van der Waals surface area contributed by atoms with Crippen molar-refractivity contribution in [2.45, 2.75) is 6.04 Å². The Kier molecular flexibility index (Phi) is 3.27. The minimum absolute atomic E-state index is 0.169. The Morgan fingerprint density at radius 1 is 1.38 bits per heavy atom. The van der Waals surface area contributed by atoms with Crippen LogP contribution in [0.2, 0.25) is 0 Å². The predicted molar refractivity (Wildman–Crippen MR) is 60.0 cm³/mol. The van der Waals surface area contributed by atoms with Gasteiger partial charge in [-0.15, -0.1) is 0 Å². The van der Waals surface area contributed by atoms with Crippen LogP contribution in [0.1, 0.15) is 17.3 Å². The Morgan fingerprint density at radius 2 is 2.12 bits per heavy atom. The quantitative estimate of drug-likeness (QED) is 0.868. The van der Waals surface area contributed by atoms with E-state index in [0.29, 0.717) is 5.69 Å². The molecule has 84 valence electrons. The number of halogens is 3. The molecule has 1 aromatic heterocycles. The van der Waals surface area contributed by atoms with Gasteiger partial charge in [-0.2, -0.15) is 8.75 Å². The molecule has 0 bridgehead atoms. The van der Waals surface area contributed by atoms with Crippen LogP contribution in [-0.4, -0.2) is 8.75 Å². The van der Waals surface area contributed by atoms with Crippen molar-refractivity contribution in [2.75, 3.05) is 0 Å². The van der Waals surface area contributed by atoms with E-state index in [-0.39, 0.29) is 10.0 Å². The minimum atomic E-state index is -0.948. The number of aromatic nitrogens is 2. The largest absolute Gasteiger partial charge is 0.319 e. The molecule has 0 aliphatic carbocycles. The van der Waals surface area contributed by atoms with Gasteiger partial charge in [-0.3, -0.25) is 0 Å². The molecule has 1 heterocycles. The van der Waals surface area contributed by atoms with Gasteiger partial charge in [0.2, 0.25) is 0 Å². The SMILES string of the molecule is NC(c1cnsn1)c1c(F)ccc(Br)c1F. The normalized spacial score (nSPS) is 12.8. The molecule has 0 aliphatic rings. The standard InChI is InChI=1S/C9H6BrF2N3S/c10-4-1-2-5(11)7(8(4)12)9(13)6-3-14-16-15-6/h1-3,9H,13H2. The maximum absolute atomic E-state index is 13.7. The van der Waals surface area contributed by atoms with Crippen LogP contribution in [0, 0.1) is 11.6 Å². The van der Waals surface area contributed by atoms with Gasteiger partial charge in [-0.25, -0.2) is 8.78 Å². The van der Waals surface area contributed by atoms with Crippen molar-refractivity contribution in [3.63, 3.8) is 0 Å². The van der Waals surface area contributed by atoms with E-state index in [0.717, 1.165) is 17.8 Å². The summed E-state index contributed by atoms with van der Waals surface area (Å²) < 4.78 is 35.0. The molecule has 0 aliphatic heterocycles. The van der Waals surface area contributed by atoms with Crippen molar-refractivity contribution in [3.05, 3.63) is 45.7 Å². The highest BCUT2D eigenvalue weighted by Crippen LogP contribution is 2.28. The average molecular weight is 306 g/mol. The Balaban J connectivity index is 2.52. The van der Waals surface area contributed by atoms with E-state index in [1.54, 1.807) is 0 Å². The third-order valence-corrected chi connectivity index (χ3v) is 3.19. The van der Waals surface area contributed by atoms with E-state index in [2.05, 4.69) is 24.7 Å². The van der Waals surface area contributed by atoms with E-state index >= 15 is 0 Å². The molecule has 0 spiro atoms. The van der Waals surface area contributed by atoms with Crippen LogP contribution >= 0.6 is 27.7 Å². The minimum Gasteiger partial charge on any atom is -0.319 e. The summed E-state index contributed by atoms with van der Waals surface area (Å²) in [4.78, 5) is 0. The number of benzene rings is 1. The zero-order valence-corrected chi connectivity index (χ0v) is 10.2. The molecule has 16 heavy (non-hydrogen) atoms. The average Bonchev–Trinajstić information content (AvgIpc) is 2.77. The second-order valence-electron chi connectivity index (χ2n) is 3.07. The maximum atomic E-state index is 13.7. The zero-order valence-electron chi connectivity index (χ0n) is 7.82. The number of nitrogens with zero attached hydrogens (tertiary/aromatic N) is 2. The molecule has 2 rings (SSSR count). The molecular weight excluding hydrogens is 300 g/mol. The summed E-state index contributed by atoms with van der Waals surface area (Å²) in [6.07, 6.45) is 1.40. The summed E-state index contributed by atoms with van der Waals surface area (Å²) in [5.41, 5.74) is 5.88. The molecule has 1 aromatic carbocycles. The van der Waals surface area contributed by atoms with Gasteiger partial charge in [0.25, 0.3) is 0 Å². The summed E-state index contributed by atoms with van der Waals surface area (Å²) in [5.74, 6) is -1.40. The van der Waals surface area contributed by atoms with Crippen molar-refractivity contribution in [3.8, 4) is 0 Å². The van der Waals surface area contributed by atoms with Gasteiger partial charge in [0, 0.05) is 5.56 Å². The fourth-order valence-corrected chi connectivity index (χ4v) is 2.09. The number of rotatable bonds is 2. The second-order valence-corrected chi connectivity index (χ2v) is 4.48. The highest BCUT2D eigenvalue weighted by Gasteiger charge is 2.22. The van der Waals surface area contributed by atoms with Crippen LogP contribution < -0.4 is 5.73 Å². The zero-order chi connectivity index (χ0) is 11.7. The fraction of sp³-hybridized carbons (Fsp3) is 0.111. The summed E-state index contributed by atoms with van der Waals surface area (Å²) in [6, 6.07) is 1.50. The molecule has 0 amide bonds. The second kappa shape index (κ2) is 4.52. The van der Waals surface area contributed by atoms with Crippen molar-refractivity contribution >= 4 is 27.7 Å². The molecule has 0 fully saturated rings. The van der Waals surface area contributed by atoms with Gasteiger partial charge in [-0.05, 0) is 28.1 Å². The molecule has 1 unspecified atom stereocenters. The first-order valence-corrected chi connectivity index (χ1v) is 5.80. The molecule has 0 saturated heterocycles. The van der Waals surface area contributed by atoms with E-state index < -0.39 is 17.7 Å². The molecule has 0 radical (unpaired) electrons. The van der Waals surface area contributed by atoms with Crippen molar-refractivity contribution < 1.29 is 8.78 Å². The lowest BCUT2D eigenvalue weighted by Crippen LogP contribution is -2.16. The van der Waals surface area contributed by atoms with Crippen LogP contribution in [0.25, 0.3) is 0 Å². The van der Waals surface area contributed by atoms with E-state index in [4.69, 9.17) is 5.73 Å². The lowest BCUT2D eigenvalue weighted by Gasteiger charge is -2.11. The molecule has 2 aromatic rings. The Labute approximate surface area is 103 Å². The molecule has 1 atom stereocenters. The monoisotopic (exact) mass is 305 g/mol. The topological polar surface area (TPSA) is 51.8 Å². The first kappa shape index (κ1) is 11.6. The van der Waals surface area contributed by atoms with Gasteiger partial charge in [-0.1, -0.05) is 0 Å². The summed E-state index contributed by atoms with van der Waals surface area (Å²) >= 11 is 3.92. The maximum Gasteiger partial charge on any atom is 0.145 e. The first-order chi connectivity index (χ1) is 7.61. The highest BCUT2D eigenvalue weighted by molar-refractivity contribution is 9.10. The number of nitrogens with two attached hydrogens (primary N) is 1. The smallest absolute Gasteiger partial charge is 0.145 e. The molecular formula is C9H6BrF2N3S. The molecule has 7 heteroatoms. The van der Waals surface area contributed by atoms with Crippen LogP contribution in [0.3, 0.4) is 0 Å². The third-order valence-electron chi connectivity index (χ3n) is 2.09. The van der Waals surface area contributed by atoms with Crippen LogP contribution in [0.5, 0.6) is 0 Å². The Bertz CT molecular complexity index is 504. The van der Waals surface area contributed by atoms with Gasteiger partial charge in [0.1, 0.15) is 11.6 Å². The van der Waals surface area contributed by atoms with E-state index in [1.807, 2.05) is 0 Å². The summed E-state index contributed by atoms with van der Waals surface area (Å²) in [5, 5.41) is 0. The lowest BCUT2D eigenvalue weighted by molar-refractivity contribution is 0.537. The number of hydrogen-bond donors (Lipinski definition) is 1. The Morgan fingerprint density at radius 3 is 2.75 bits per heavy atom. The van der Waals surface area contributed by atoms with Crippen molar-refractivity contribution in [1.29, 1.82) is 0 Å². The fourth-order valence-electron chi connectivity index (χ4n) is 1.28. The van der Waals surface area contributed by atoms with Crippen LogP contribution in [-0.2, 0) is 0 Å². The summed E-state index contributed by atoms with van der Waals surface area (Å²) in [7, 11) is 0. The lowest BCUT2D eigenvalue weighted by atomic mass is 10.0. The van der Waals surface area contributed by atoms with Crippen LogP contribution in [0.4, 0.5) is 8.78 Å². The van der Waals surface area contributed by atoms with Gasteiger partial charge < -0.3 is 5.73 Å². The third kappa shape index (κ3) is 1.98. The molecule has 2 N–H and O–H groups in total. The molecule has 3 nitrogen and oxygen atoms in total. The predicted octanol–water partition coefficient (Wildman–Crippen LogP) is 2.63. The Hall–Kier alpha value is -0.920. The first-order valence-electron chi connectivity index (χ1n) is 4.27. The van der Waals surface area contributed by atoms with E-state index in [9.17, 15) is 8.78 Å². The highest BCUT2D eigenvalue weighted by atomic mass is 79.9. The van der Waals surface area contributed by atoms with E-state index in [1.165, 1.54) is 12.3 Å². The van der Waals surface area contributed by atoms with Gasteiger partial charge in [0.05, 0.1) is 34.1 Å². The number of hydrogen-bond acceptors (Lipinski definition) is 4. The summed E-state index contributed by atoms with van der Waals surface area (Å²) in [6.45, 7) is 0. The van der Waals surface area contributed by atoms with Gasteiger partial charge >= 0.3 is 0 Å².